The smallest absolute Gasteiger partial charge is 0.308 e. The number of hydrogen-bond acceptors (Lipinski definition) is 3. The molecule has 107 valence electrons. The van der Waals surface area contributed by atoms with Crippen LogP contribution in [-0.2, 0) is 14.3 Å². The molecule has 18 heavy (non-hydrogen) atoms. The molecule has 0 N–H and O–H groups in total. The highest BCUT2D eigenvalue weighted by Gasteiger charge is 2.16. The molecule has 0 rings (SSSR count). The topological polar surface area (TPSA) is 35.5 Å². The summed E-state index contributed by atoms with van der Waals surface area (Å²) in [5, 5.41) is 0. The molecular formula is C15H29O3. The molecule has 1 atom stereocenters. The van der Waals surface area contributed by atoms with E-state index in [9.17, 15) is 4.79 Å². The van der Waals surface area contributed by atoms with Crippen LogP contribution in [-0.4, -0.2) is 25.8 Å². The Morgan fingerprint density at radius 1 is 1.11 bits per heavy atom. The van der Waals surface area contributed by atoms with E-state index in [-0.39, 0.29) is 11.9 Å². The lowest BCUT2D eigenvalue weighted by Crippen LogP contribution is -2.18. The summed E-state index contributed by atoms with van der Waals surface area (Å²) in [6.07, 6.45) is 6.71. The van der Waals surface area contributed by atoms with Crippen LogP contribution in [0.5, 0.6) is 0 Å². The molecule has 1 unspecified atom stereocenters. The number of ether oxygens (including phenoxy) is 2. The lowest BCUT2D eigenvalue weighted by molar-refractivity contribution is -0.149. The van der Waals surface area contributed by atoms with Crippen LogP contribution in [0.25, 0.3) is 0 Å². The molecule has 0 bridgehead atoms. The summed E-state index contributed by atoms with van der Waals surface area (Å²) in [4.78, 5) is 11.8. The van der Waals surface area contributed by atoms with Crippen LogP contribution in [0.3, 0.4) is 0 Å². The van der Waals surface area contributed by atoms with E-state index < -0.39 is 0 Å². The highest BCUT2D eigenvalue weighted by molar-refractivity contribution is 5.72. The third-order valence-corrected chi connectivity index (χ3v) is 2.95. The molecule has 0 saturated heterocycles. The van der Waals surface area contributed by atoms with Crippen molar-refractivity contribution in [2.24, 2.45) is 5.92 Å². The van der Waals surface area contributed by atoms with Gasteiger partial charge in [0.25, 0.3) is 0 Å². The van der Waals surface area contributed by atoms with Gasteiger partial charge >= 0.3 is 5.97 Å². The second-order valence-corrected chi connectivity index (χ2v) is 4.59. The quantitative estimate of drug-likeness (QED) is 0.394. The Balaban J connectivity index is 3.49. The summed E-state index contributed by atoms with van der Waals surface area (Å²) in [5.74, 6) is 0.0667. The summed E-state index contributed by atoms with van der Waals surface area (Å²) in [6, 6.07) is 0. The van der Waals surface area contributed by atoms with Gasteiger partial charge in [0.15, 0.2) is 0 Å². The lowest BCUT2D eigenvalue weighted by atomic mass is 10.00. The molecule has 0 aliphatic carbocycles. The Bertz CT molecular complexity index is 192. The number of esters is 1. The van der Waals surface area contributed by atoms with Crippen molar-refractivity contribution in [3.8, 4) is 0 Å². The fraction of sp³-hybridized carbons (Fsp3) is 0.867. The normalized spacial score (nSPS) is 12.4. The maximum absolute atomic E-state index is 11.8. The third kappa shape index (κ3) is 9.46. The van der Waals surface area contributed by atoms with Crippen LogP contribution >= 0.6 is 0 Å². The molecule has 1 radical (unpaired) electrons. The first kappa shape index (κ1) is 17.4. The van der Waals surface area contributed by atoms with Crippen molar-refractivity contribution in [2.45, 2.75) is 58.8 Å². The van der Waals surface area contributed by atoms with Crippen molar-refractivity contribution in [2.75, 3.05) is 19.8 Å². The Morgan fingerprint density at radius 3 is 2.44 bits per heavy atom. The summed E-state index contributed by atoms with van der Waals surface area (Å²) >= 11 is 0. The van der Waals surface area contributed by atoms with E-state index in [0.29, 0.717) is 13.2 Å². The number of hydrogen-bond donors (Lipinski definition) is 0. The molecule has 0 amide bonds. The van der Waals surface area contributed by atoms with Gasteiger partial charge in [-0.05, 0) is 32.1 Å². The molecule has 0 aromatic carbocycles. The summed E-state index contributed by atoms with van der Waals surface area (Å²) in [7, 11) is 0. The Hall–Kier alpha value is -0.570. The van der Waals surface area contributed by atoms with E-state index in [1.807, 2.05) is 6.92 Å². The summed E-state index contributed by atoms with van der Waals surface area (Å²) in [5.41, 5.74) is 0. The first-order chi connectivity index (χ1) is 8.76. The fourth-order valence-electron chi connectivity index (χ4n) is 1.74. The van der Waals surface area contributed by atoms with Crippen molar-refractivity contribution >= 4 is 5.97 Å². The molecule has 0 heterocycles. The highest BCUT2D eigenvalue weighted by atomic mass is 16.5. The van der Waals surface area contributed by atoms with Gasteiger partial charge in [0.05, 0.1) is 12.5 Å². The minimum absolute atomic E-state index is 0.0235. The van der Waals surface area contributed by atoms with Gasteiger partial charge in [-0.1, -0.05) is 33.6 Å². The number of carbonyl (C=O) groups excluding carboxylic acids is 1. The van der Waals surface area contributed by atoms with Gasteiger partial charge < -0.3 is 9.47 Å². The third-order valence-electron chi connectivity index (χ3n) is 2.95. The molecule has 0 aliphatic rings. The monoisotopic (exact) mass is 257 g/mol. The molecule has 0 spiro atoms. The Kier molecular flexibility index (Phi) is 12.5. The van der Waals surface area contributed by atoms with Crippen LogP contribution in [0.2, 0.25) is 0 Å². The zero-order chi connectivity index (χ0) is 13.6. The van der Waals surface area contributed by atoms with Crippen LogP contribution < -0.4 is 0 Å². The van der Waals surface area contributed by atoms with Crippen molar-refractivity contribution in [1.29, 1.82) is 0 Å². The van der Waals surface area contributed by atoms with Crippen LogP contribution in [0.4, 0.5) is 0 Å². The van der Waals surface area contributed by atoms with Gasteiger partial charge in [-0.15, -0.1) is 0 Å². The molecule has 3 heteroatoms. The number of unbranched alkanes of at least 4 members (excludes halogenated alkanes) is 2. The molecule has 0 aromatic heterocycles. The minimum atomic E-state index is -0.0235. The molecular weight excluding hydrogens is 228 g/mol. The van der Waals surface area contributed by atoms with Gasteiger partial charge in [0.1, 0.15) is 0 Å². The second-order valence-electron chi connectivity index (χ2n) is 4.59. The Morgan fingerprint density at radius 2 is 1.83 bits per heavy atom. The average Bonchev–Trinajstić information content (AvgIpc) is 2.38. The van der Waals surface area contributed by atoms with Crippen molar-refractivity contribution in [1.82, 2.24) is 0 Å². The van der Waals surface area contributed by atoms with Gasteiger partial charge in [0, 0.05) is 13.2 Å². The van der Waals surface area contributed by atoms with E-state index in [1.54, 1.807) is 0 Å². The Labute approximate surface area is 112 Å². The van der Waals surface area contributed by atoms with Crippen molar-refractivity contribution < 1.29 is 14.3 Å². The van der Waals surface area contributed by atoms with Crippen LogP contribution in [0.1, 0.15) is 58.8 Å². The van der Waals surface area contributed by atoms with Crippen LogP contribution in [0.15, 0.2) is 0 Å². The first-order valence-corrected chi connectivity index (χ1v) is 7.29. The SMILES string of the molecule is [CH2]CCOCCCCOC(=O)C(CC)CCCC. The van der Waals surface area contributed by atoms with E-state index in [4.69, 9.17) is 9.47 Å². The van der Waals surface area contributed by atoms with Gasteiger partial charge in [-0.3, -0.25) is 4.79 Å². The van der Waals surface area contributed by atoms with Crippen molar-refractivity contribution in [3.05, 3.63) is 6.92 Å². The van der Waals surface area contributed by atoms with E-state index in [2.05, 4.69) is 13.8 Å². The highest BCUT2D eigenvalue weighted by Crippen LogP contribution is 2.14. The zero-order valence-electron chi connectivity index (χ0n) is 12.1. The minimum Gasteiger partial charge on any atom is -0.465 e. The fourth-order valence-corrected chi connectivity index (χ4v) is 1.74. The standard InChI is InChI=1S/C15H29O3/c1-4-7-10-14(6-3)15(16)18-13-9-8-12-17-11-5-2/h14H,2,4-13H2,1,3H3. The summed E-state index contributed by atoms with van der Waals surface area (Å²) in [6.45, 7) is 9.87. The maximum Gasteiger partial charge on any atom is 0.308 e. The largest absolute Gasteiger partial charge is 0.465 e. The van der Waals surface area contributed by atoms with Gasteiger partial charge in [-0.25, -0.2) is 0 Å². The lowest BCUT2D eigenvalue weighted by Gasteiger charge is -2.13. The van der Waals surface area contributed by atoms with Crippen LogP contribution in [0, 0.1) is 12.8 Å². The predicted octanol–water partition coefficient (Wildman–Crippen LogP) is 3.77. The van der Waals surface area contributed by atoms with E-state index >= 15 is 0 Å². The molecule has 0 aliphatic heterocycles. The molecule has 0 aromatic rings. The zero-order valence-corrected chi connectivity index (χ0v) is 12.1. The number of carbonyl (C=O) groups is 1. The molecule has 0 fully saturated rings. The van der Waals surface area contributed by atoms with Crippen molar-refractivity contribution in [3.63, 3.8) is 0 Å². The predicted molar refractivity (Wildman–Crippen MR) is 74.3 cm³/mol. The second kappa shape index (κ2) is 12.9. The first-order valence-electron chi connectivity index (χ1n) is 7.29. The van der Waals surface area contributed by atoms with E-state index in [1.165, 1.54) is 0 Å². The summed E-state index contributed by atoms with van der Waals surface area (Å²) < 4.78 is 10.6. The van der Waals surface area contributed by atoms with Gasteiger partial charge in [-0.2, -0.15) is 0 Å². The molecule has 0 saturated carbocycles. The number of rotatable bonds is 12. The average molecular weight is 257 g/mol. The van der Waals surface area contributed by atoms with E-state index in [0.717, 1.165) is 51.6 Å². The maximum atomic E-state index is 11.8. The molecule has 3 nitrogen and oxygen atoms in total. The van der Waals surface area contributed by atoms with Gasteiger partial charge in [0.2, 0.25) is 0 Å².